The average Bonchev–Trinajstić information content (AvgIpc) is 3.10. The first-order valence-electron chi connectivity index (χ1n) is 5.52. The van der Waals surface area contributed by atoms with Gasteiger partial charge in [-0.3, -0.25) is 0 Å². The van der Waals surface area contributed by atoms with Crippen LogP contribution in [0.15, 0.2) is 6.20 Å². The second-order valence-corrected chi connectivity index (χ2v) is 4.12. The molecule has 1 aliphatic rings. The Morgan fingerprint density at radius 3 is 3.00 bits per heavy atom. The maximum absolute atomic E-state index is 10.9. The molecule has 2 rings (SSSR count). The lowest BCUT2D eigenvalue weighted by Crippen LogP contribution is -2.12. The second kappa shape index (κ2) is 5.09. The van der Waals surface area contributed by atoms with Crippen LogP contribution in [0.5, 0.6) is 0 Å². The van der Waals surface area contributed by atoms with E-state index in [-0.39, 0.29) is 12.2 Å². The fraction of sp³-hybridized carbons (Fsp3) is 0.545. The highest BCUT2D eigenvalue weighted by Gasteiger charge is 2.21. The van der Waals surface area contributed by atoms with Crippen LogP contribution in [0.2, 0.25) is 0 Å². The summed E-state index contributed by atoms with van der Waals surface area (Å²) in [6.45, 7) is 1.01. The van der Waals surface area contributed by atoms with E-state index in [2.05, 4.69) is 15.3 Å². The summed E-state index contributed by atoms with van der Waals surface area (Å²) in [6.07, 6.45) is 3.80. The van der Waals surface area contributed by atoms with Crippen LogP contribution >= 0.6 is 0 Å². The molecule has 1 heterocycles. The monoisotopic (exact) mass is 237 g/mol. The molecule has 0 atom stereocenters. The SMILES string of the molecule is COCc1nc(NCC2CC2)ncc1C(=O)O. The quantitative estimate of drug-likeness (QED) is 0.771. The summed E-state index contributed by atoms with van der Waals surface area (Å²) in [5.41, 5.74) is 0.483. The number of anilines is 1. The number of aromatic carboxylic acids is 1. The van der Waals surface area contributed by atoms with Gasteiger partial charge in [0.1, 0.15) is 5.56 Å². The standard InChI is InChI=1S/C11H15N3O3/c1-17-6-9-8(10(15)16)5-13-11(14-9)12-4-7-2-3-7/h5,7H,2-4,6H2,1H3,(H,15,16)(H,12,13,14). The van der Waals surface area contributed by atoms with Crippen molar-refractivity contribution in [2.24, 2.45) is 5.92 Å². The fourth-order valence-electron chi connectivity index (χ4n) is 1.49. The van der Waals surface area contributed by atoms with Crippen LogP contribution in [-0.2, 0) is 11.3 Å². The summed E-state index contributed by atoms with van der Waals surface area (Å²) in [4.78, 5) is 19.1. The highest BCUT2D eigenvalue weighted by molar-refractivity contribution is 5.88. The zero-order valence-corrected chi connectivity index (χ0v) is 9.64. The molecule has 1 aromatic heterocycles. The molecule has 6 nitrogen and oxygen atoms in total. The molecule has 1 fully saturated rings. The number of ether oxygens (including phenoxy) is 1. The van der Waals surface area contributed by atoms with Gasteiger partial charge in [0.25, 0.3) is 0 Å². The first kappa shape index (κ1) is 11.8. The molecule has 0 amide bonds. The maximum Gasteiger partial charge on any atom is 0.339 e. The Morgan fingerprint density at radius 2 is 2.41 bits per heavy atom. The van der Waals surface area contributed by atoms with Crippen molar-refractivity contribution in [2.45, 2.75) is 19.4 Å². The van der Waals surface area contributed by atoms with E-state index in [0.29, 0.717) is 17.6 Å². The minimum atomic E-state index is -1.04. The van der Waals surface area contributed by atoms with Crippen molar-refractivity contribution in [2.75, 3.05) is 19.0 Å². The Kier molecular flexibility index (Phi) is 3.53. The Morgan fingerprint density at radius 1 is 1.65 bits per heavy atom. The van der Waals surface area contributed by atoms with Crippen molar-refractivity contribution in [3.8, 4) is 0 Å². The van der Waals surface area contributed by atoms with Crippen LogP contribution in [0.25, 0.3) is 0 Å². The van der Waals surface area contributed by atoms with Gasteiger partial charge in [-0.25, -0.2) is 14.8 Å². The van der Waals surface area contributed by atoms with E-state index in [4.69, 9.17) is 9.84 Å². The smallest absolute Gasteiger partial charge is 0.339 e. The van der Waals surface area contributed by atoms with Crippen molar-refractivity contribution in [1.29, 1.82) is 0 Å². The minimum absolute atomic E-state index is 0.0869. The number of methoxy groups -OCH3 is 1. The van der Waals surface area contributed by atoms with E-state index < -0.39 is 5.97 Å². The molecule has 1 aromatic rings. The van der Waals surface area contributed by atoms with E-state index in [0.717, 1.165) is 6.54 Å². The molecule has 92 valence electrons. The van der Waals surface area contributed by atoms with Crippen LogP contribution in [0, 0.1) is 5.92 Å². The number of hydrogen-bond acceptors (Lipinski definition) is 5. The van der Waals surface area contributed by atoms with Crippen molar-refractivity contribution in [3.05, 3.63) is 17.5 Å². The normalized spacial score (nSPS) is 14.6. The zero-order valence-electron chi connectivity index (χ0n) is 9.64. The first-order chi connectivity index (χ1) is 8.20. The molecule has 2 N–H and O–H groups in total. The van der Waals surface area contributed by atoms with Crippen LogP contribution in [0.4, 0.5) is 5.95 Å². The second-order valence-electron chi connectivity index (χ2n) is 4.12. The van der Waals surface area contributed by atoms with Crippen molar-refractivity contribution in [1.82, 2.24) is 9.97 Å². The van der Waals surface area contributed by atoms with Gasteiger partial charge in [-0.15, -0.1) is 0 Å². The largest absolute Gasteiger partial charge is 0.478 e. The Hall–Kier alpha value is -1.69. The van der Waals surface area contributed by atoms with Gasteiger partial charge in [-0.1, -0.05) is 0 Å². The zero-order chi connectivity index (χ0) is 12.3. The number of aromatic nitrogens is 2. The van der Waals surface area contributed by atoms with Gasteiger partial charge in [0.05, 0.1) is 12.3 Å². The Labute approximate surface area is 99.0 Å². The number of hydrogen-bond donors (Lipinski definition) is 2. The molecule has 0 bridgehead atoms. The number of carbonyl (C=O) groups is 1. The molecule has 0 saturated heterocycles. The third-order valence-electron chi connectivity index (χ3n) is 2.62. The van der Waals surface area contributed by atoms with Gasteiger partial charge in [-0.05, 0) is 18.8 Å². The predicted molar refractivity (Wildman–Crippen MR) is 60.9 cm³/mol. The summed E-state index contributed by atoms with van der Waals surface area (Å²) in [6, 6.07) is 0. The van der Waals surface area contributed by atoms with Crippen molar-refractivity contribution >= 4 is 11.9 Å². The molecule has 0 aliphatic heterocycles. The third-order valence-corrected chi connectivity index (χ3v) is 2.62. The van der Waals surface area contributed by atoms with E-state index >= 15 is 0 Å². The summed E-state index contributed by atoms with van der Waals surface area (Å²) >= 11 is 0. The molecule has 1 aliphatic carbocycles. The maximum atomic E-state index is 10.9. The first-order valence-corrected chi connectivity index (χ1v) is 5.52. The topological polar surface area (TPSA) is 84.3 Å². The summed E-state index contributed by atoms with van der Waals surface area (Å²) < 4.78 is 4.93. The molecule has 0 aromatic carbocycles. The Bertz CT molecular complexity index is 418. The number of carboxylic acid groups (broad SMARTS) is 1. The summed E-state index contributed by atoms with van der Waals surface area (Å²) in [5.74, 6) is 0.142. The molecular weight excluding hydrogens is 222 g/mol. The molecule has 17 heavy (non-hydrogen) atoms. The highest BCUT2D eigenvalue weighted by atomic mass is 16.5. The van der Waals surface area contributed by atoms with Crippen LogP contribution in [-0.4, -0.2) is 34.7 Å². The van der Waals surface area contributed by atoms with Crippen LogP contribution in [0.3, 0.4) is 0 Å². The highest BCUT2D eigenvalue weighted by Crippen LogP contribution is 2.28. The third kappa shape index (κ3) is 3.13. The van der Waals surface area contributed by atoms with Crippen LogP contribution in [0.1, 0.15) is 28.9 Å². The number of nitrogens with zero attached hydrogens (tertiary/aromatic N) is 2. The van der Waals surface area contributed by atoms with Gasteiger partial charge in [0.15, 0.2) is 0 Å². The molecule has 0 spiro atoms. The van der Waals surface area contributed by atoms with Gasteiger partial charge in [0, 0.05) is 19.9 Å². The summed E-state index contributed by atoms with van der Waals surface area (Å²) in [7, 11) is 1.50. The molecular formula is C11H15N3O3. The lowest BCUT2D eigenvalue weighted by atomic mass is 10.2. The molecule has 0 unspecified atom stereocenters. The van der Waals surface area contributed by atoms with Crippen molar-refractivity contribution < 1.29 is 14.6 Å². The predicted octanol–water partition coefficient (Wildman–Crippen LogP) is 1.14. The molecule has 0 radical (unpaired) electrons. The van der Waals surface area contributed by atoms with Crippen LogP contribution < -0.4 is 5.32 Å². The van der Waals surface area contributed by atoms with E-state index in [1.807, 2.05) is 0 Å². The van der Waals surface area contributed by atoms with Crippen molar-refractivity contribution in [3.63, 3.8) is 0 Å². The minimum Gasteiger partial charge on any atom is -0.478 e. The molecule has 1 saturated carbocycles. The lowest BCUT2D eigenvalue weighted by Gasteiger charge is -2.07. The van der Waals surface area contributed by atoms with E-state index in [9.17, 15) is 4.79 Å². The van der Waals surface area contributed by atoms with E-state index in [1.54, 1.807) is 0 Å². The average molecular weight is 237 g/mol. The summed E-state index contributed by atoms with van der Waals surface area (Å²) in [5, 5.41) is 12.1. The van der Waals surface area contributed by atoms with Gasteiger partial charge < -0.3 is 15.2 Å². The number of rotatable bonds is 6. The lowest BCUT2D eigenvalue weighted by molar-refractivity contribution is 0.0690. The number of nitrogens with one attached hydrogen (secondary N) is 1. The van der Waals surface area contributed by atoms with Gasteiger partial charge >= 0.3 is 5.97 Å². The molecule has 6 heteroatoms. The van der Waals surface area contributed by atoms with E-state index in [1.165, 1.54) is 26.1 Å². The Balaban J connectivity index is 2.11. The van der Waals surface area contributed by atoms with Gasteiger partial charge in [0.2, 0.25) is 5.95 Å². The van der Waals surface area contributed by atoms with Gasteiger partial charge in [-0.2, -0.15) is 0 Å². The number of carboxylic acids is 1. The fourth-order valence-corrected chi connectivity index (χ4v) is 1.49.